The second-order valence-corrected chi connectivity index (χ2v) is 4.70. The van der Waals surface area contributed by atoms with Crippen LogP contribution in [0.1, 0.15) is 18.5 Å². The molecular formula is C13H18FN3O. The summed E-state index contributed by atoms with van der Waals surface area (Å²) in [5.74, 6) is -0.269. The first-order valence-electron chi connectivity index (χ1n) is 6.03. The molecule has 2 N–H and O–H groups in total. The average molecular weight is 251 g/mol. The first kappa shape index (κ1) is 12.8. The number of hydrogen-bond donors (Lipinski definition) is 1. The molecule has 5 heteroatoms. The molecule has 0 bridgehead atoms. The molecule has 4 nitrogen and oxygen atoms in total. The van der Waals surface area contributed by atoms with Crippen molar-refractivity contribution in [1.82, 2.24) is 4.90 Å². The molecule has 1 amide bonds. The van der Waals surface area contributed by atoms with Crippen molar-refractivity contribution in [2.24, 2.45) is 5.73 Å². The lowest BCUT2D eigenvalue weighted by molar-refractivity contribution is -0.129. The lowest BCUT2D eigenvalue weighted by Gasteiger charge is -2.35. The van der Waals surface area contributed by atoms with Gasteiger partial charge in [0.05, 0.1) is 6.54 Å². The molecule has 1 saturated heterocycles. The van der Waals surface area contributed by atoms with Gasteiger partial charge in [0.25, 0.3) is 0 Å². The normalized spacial score (nSPS) is 18.1. The van der Waals surface area contributed by atoms with Crippen molar-refractivity contribution < 1.29 is 9.18 Å². The topological polar surface area (TPSA) is 49.6 Å². The molecule has 0 aromatic heterocycles. The molecule has 1 atom stereocenters. The SMILES string of the molecule is C[C@@H](N)c1c(F)cccc1N1CCN(C)C(=O)C1. The molecule has 0 radical (unpaired) electrons. The minimum Gasteiger partial charge on any atom is -0.360 e. The van der Waals surface area contributed by atoms with E-state index in [-0.39, 0.29) is 18.3 Å². The molecule has 18 heavy (non-hydrogen) atoms. The zero-order valence-corrected chi connectivity index (χ0v) is 10.7. The maximum absolute atomic E-state index is 13.8. The summed E-state index contributed by atoms with van der Waals surface area (Å²) in [6, 6.07) is 4.48. The van der Waals surface area contributed by atoms with Gasteiger partial charge in [0.1, 0.15) is 5.82 Å². The number of halogens is 1. The quantitative estimate of drug-likeness (QED) is 0.857. The largest absolute Gasteiger partial charge is 0.360 e. The van der Waals surface area contributed by atoms with Crippen molar-refractivity contribution in [2.75, 3.05) is 31.6 Å². The van der Waals surface area contributed by atoms with Crippen molar-refractivity contribution in [3.8, 4) is 0 Å². The summed E-state index contributed by atoms with van der Waals surface area (Å²) in [6.07, 6.45) is 0. The van der Waals surface area contributed by atoms with Crippen LogP contribution in [0.25, 0.3) is 0 Å². The van der Waals surface area contributed by atoms with Gasteiger partial charge in [-0.25, -0.2) is 4.39 Å². The Morgan fingerprint density at radius 3 is 2.72 bits per heavy atom. The van der Waals surface area contributed by atoms with Crippen LogP contribution in [0, 0.1) is 5.82 Å². The second kappa shape index (κ2) is 4.94. The van der Waals surface area contributed by atoms with Crippen molar-refractivity contribution in [3.05, 3.63) is 29.6 Å². The number of amides is 1. The number of carbonyl (C=O) groups excluding carboxylic acids is 1. The van der Waals surface area contributed by atoms with E-state index in [0.29, 0.717) is 18.7 Å². The molecule has 1 aromatic rings. The number of piperazine rings is 1. The number of likely N-dealkylation sites (N-methyl/N-ethyl adjacent to an activating group) is 1. The van der Waals surface area contributed by atoms with Crippen molar-refractivity contribution in [3.63, 3.8) is 0 Å². The van der Waals surface area contributed by atoms with Gasteiger partial charge in [-0.3, -0.25) is 4.79 Å². The summed E-state index contributed by atoms with van der Waals surface area (Å²) in [7, 11) is 1.78. The fourth-order valence-corrected chi connectivity index (χ4v) is 2.22. The number of carbonyl (C=O) groups is 1. The number of nitrogens with two attached hydrogens (primary N) is 1. The first-order valence-corrected chi connectivity index (χ1v) is 6.03. The lowest BCUT2D eigenvalue weighted by atomic mass is 10.0. The number of nitrogens with zero attached hydrogens (tertiary/aromatic N) is 2. The summed E-state index contributed by atoms with van der Waals surface area (Å²) in [5.41, 5.74) is 7.03. The highest BCUT2D eigenvalue weighted by Gasteiger charge is 2.24. The van der Waals surface area contributed by atoms with Crippen LogP contribution in [0.15, 0.2) is 18.2 Å². The zero-order chi connectivity index (χ0) is 13.3. The Kier molecular flexibility index (Phi) is 3.52. The van der Waals surface area contributed by atoms with Gasteiger partial charge < -0.3 is 15.5 Å². The molecule has 0 saturated carbocycles. The fraction of sp³-hybridized carbons (Fsp3) is 0.462. The standard InChI is InChI=1S/C13H18FN3O/c1-9(15)13-10(14)4-3-5-11(13)17-7-6-16(2)12(18)8-17/h3-5,9H,6-8,15H2,1-2H3/t9-/m1/s1. The van der Waals surface area contributed by atoms with E-state index in [1.54, 1.807) is 24.9 Å². The van der Waals surface area contributed by atoms with E-state index in [2.05, 4.69) is 0 Å². The first-order chi connectivity index (χ1) is 8.50. The van der Waals surface area contributed by atoms with Crippen LogP contribution in [0.3, 0.4) is 0 Å². The predicted molar refractivity (Wildman–Crippen MR) is 68.9 cm³/mol. The Morgan fingerprint density at radius 2 is 2.11 bits per heavy atom. The van der Waals surface area contributed by atoms with E-state index in [1.165, 1.54) is 6.07 Å². The minimum atomic E-state index is -0.393. The highest BCUT2D eigenvalue weighted by molar-refractivity contribution is 5.83. The van der Waals surface area contributed by atoms with E-state index in [4.69, 9.17) is 5.73 Å². The van der Waals surface area contributed by atoms with E-state index in [9.17, 15) is 9.18 Å². The number of rotatable bonds is 2. The van der Waals surface area contributed by atoms with Gasteiger partial charge in [0, 0.05) is 37.4 Å². The predicted octanol–water partition coefficient (Wildman–Crippen LogP) is 1.12. The molecule has 0 spiro atoms. The van der Waals surface area contributed by atoms with Crippen LogP contribution in [0.4, 0.5) is 10.1 Å². The maximum Gasteiger partial charge on any atom is 0.241 e. The average Bonchev–Trinajstić information content (AvgIpc) is 2.32. The molecule has 1 heterocycles. The van der Waals surface area contributed by atoms with E-state index < -0.39 is 6.04 Å². The van der Waals surface area contributed by atoms with Gasteiger partial charge >= 0.3 is 0 Å². The Labute approximate surface area is 106 Å². The second-order valence-electron chi connectivity index (χ2n) is 4.70. The van der Waals surface area contributed by atoms with E-state index in [0.717, 1.165) is 5.69 Å². The Balaban J connectivity index is 2.34. The third-order valence-corrected chi connectivity index (χ3v) is 3.28. The summed E-state index contributed by atoms with van der Waals surface area (Å²) in [4.78, 5) is 15.3. The molecule has 98 valence electrons. The zero-order valence-electron chi connectivity index (χ0n) is 10.7. The molecule has 2 rings (SSSR count). The van der Waals surface area contributed by atoms with Crippen LogP contribution < -0.4 is 10.6 Å². The Morgan fingerprint density at radius 1 is 1.39 bits per heavy atom. The third kappa shape index (κ3) is 2.31. The summed E-state index contributed by atoms with van der Waals surface area (Å²) < 4.78 is 13.8. The van der Waals surface area contributed by atoms with Gasteiger partial charge in [0.15, 0.2) is 0 Å². The Bertz CT molecular complexity index is 462. The van der Waals surface area contributed by atoms with Crippen molar-refractivity contribution >= 4 is 11.6 Å². The Hall–Kier alpha value is -1.62. The van der Waals surface area contributed by atoms with Gasteiger partial charge in [-0.05, 0) is 19.1 Å². The number of anilines is 1. The fourth-order valence-electron chi connectivity index (χ4n) is 2.22. The molecule has 0 aliphatic carbocycles. The number of hydrogen-bond acceptors (Lipinski definition) is 3. The molecule has 1 fully saturated rings. The summed E-state index contributed by atoms with van der Waals surface area (Å²) in [5, 5.41) is 0. The molecule has 1 aliphatic rings. The van der Waals surface area contributed by atoms with Crippen LogP contribution in [0.5, 0.6) is 0 Å². The van der Waals surface area contributed by atoms with Crippen molar-refractivity contribution in [1.29, 1.82) is 0 Å². The van der Waals surface area contributed by atoms with Gasteiger partial charge in [0.2, 0.25) is 5.91 Å². The summed E-state index contributed by atoms with van der Waals surface area (Å²) >= 11 is 0. The molecule has 0 unspecified atom stereocenters. The van der Waals surface area contributed by atoms with E-state index in [1.807, 2.05) is 11.0 Å². The van der Waals surface area contributed by atoms with Crippen LogP contribution >= 0.6 is 0 Å². The molecule has 1 aromatic carbocycles. The summed E-state index contributed by atoms with van der Waals surface area (Å²) in [6.45, 7) is 3.37. The third-order valence-electron chi connectivity index (χ3n) is 3.28. The van der Waals surface area contributed by atoms with Gasteiger partial charge in [-0.15, -0.1) is 0 Å². The smallest absolute Gasteiger partial charge is 0.241 e. The minimum absolute atomic E-state index is 0.0427. The monoisotopic (exact) mass is 251 g/mol. The van der Waals surface area contributed by atoms with Gasteiger partial charge in [-0.1, -0.05) is 6.07 Å². The van der Waals surface area contributed by atoms with Crippen LogP contribution in [0.2, 0.25) is 0 Å². The lowest BCUT2D eigenvalue weighted by Crippen LogP contribution is -2.49. The van der Waals surface area contributed by atoms with E-state index >= 15 is 0 Å². The van der Waals surface area contributed by atoms with Crippen LogP contribution in [-0.2, 0) is 4.79 Å². The van der Waals surface area contributed by atoms with Crippen LogP contribution in [-0.4, -0.2) is 37.5 Å². The van der Waals surface area contributed by atoms with Crippen molar-refractivity contribution in [2.45, 2.75) is 13.0 Å². The maximum atomic E-state index is 13.8. The molecule has 1 aliphatic heterocycles. The number of benzene rings is 1. The molecular weight excluding hydrogens is 233 g/mol. The highest BCUT2D eigenvalue weighted by Crippen LogP contribution is 2.28. The van der Waals surface area contributed by atoms with Gasteiger partial charge in [-0.2, -0.15) is 0 Å². The highest BCUT2D eigenvalue weighted by atomic mass is 19.1.